The van der Waals surface area contributed by atoms with Gasteiger partial charge in [-0.3, -0.25) is 4.79 Å². The molecule has 0 saturated carbocycles. The van der Waals surface area contributed by atoms with E-state index in [4.69, 9.17) is 9.84 Å². The number of aryl methyl sites for hydroxylation is 1. The number of aromatic carboxylic acids is 1. The van der Waals surface area contributed by atoms with Gasteiger partial charge >= 0.3 is 5.97 Å². The van der Waals surface area contributed by atoms with E-state index >= 15 is 0 Å². The summed E-state index contributed by atoms with van der Waals surface area (Å²) in [5, 5.41) is 21.4. The summed E-state index contributed by atoms with van der Waals surface area (Å²) in [7, 11) is 0. The topological polar surface area (TPSA) is 95.9 Å². The lowest BCUT2D eigenvalue weighted by Gasteiger charge is -2.11. The lowest BCUT2D eigenvalue weighted by molar-refractivity contribution is 0.0693. The molecule has 0 heterocycles. The van der Waals surface area contributed by atoms with Crippen LogP contribution in [0.5, 0.6) is 11.5 Å². The number of carbonyl (C=O) groups is 2. The molecule has 24 heavy (non-hydrogen) atoms. The number of carboxylic acids is 1. The summed E-state index contributed by atoms with van der Waals surface area (Å²) >= 11 is 0. The predicted octanol–water partition coefficient (Wildman–Crippen LogP) is 3.44. The second kappa shape index (κ2) is 7.04. The fourth-order valence-corrected chi connectivity index (χ4v) is 2.18. The number of carbonyl (C=O) groups excluding carboxylic acids is 1. The molecule has 0 unspecified atom stereocenters. The van der Waals surface area contributed by atoms with Crippen molar-refractivity contribution in [1.82, 2.24) is 0 Å². The third kappa shape index (κ3) is 4.04. The number of benzene rings is 2. The molecule has 0 aliphatic rings. The highest BCUT2D eigenvalue weighted by molar-refractivity contribution is 6.05. The van der Waals surface area contributed by atoms with Gasteiger partial charge in [-0.05, 0) is 62.7 Å². The van der Waals surface area contributed by atoms with Gasteiger partial charge in [0.1, 0.15) is 17.1 Å². The average Bonchev–Trinajstić information content (AvgIpc) is 2.50. The molecule has 3 N–H and O–H groups in total. The van der Waals surface area contributed by atoms with Crippen molar-refractivity contribution in [2.24, 2.45) is 0 Å². The number of anilines is 1. The van der Waals surface area contributed by atoms with Gasteiger partial charge in [0.25, 0.3) is 5.91 Å². The summed E-state index contributed by atoms with van der Waals surface area (Å²) in [5.74, 6) is -1.29. The van der Waals surface area contributed by atoms with E-state index in [1.165, 1.54) is 12.1 Å². The zero-order valence-electron chi connectivity index (χ0n) is 13.7. The maximum absolute atomic E-state index is 12.3. The van der Waals surface area contributed by atoms with E-state index in [0.717, 1.165) is 0 Å². The molecule has 0 aliphatic heterocycles. The van der Waals surface area contributed by atoms with Gasteiger partial charge in [0.2, 0.25) is 0 Å². The van der Waals surface area contributed by atoms with Crippen LogP contribution in [0.3, 0.4) is 0 Å². The van der Waals surface area contributed by atoms with Crippen molar-refractivity contribution in [3.05, 3.63) is 53.1 Å². The minimum Gasteiger partial charge on any atom is -0.507 e. The van der Waals surface area contributed by atoms with Crippen LogP contribution in [-0.2, 0) is 0 Å². The average molecular weight is 329 g/mol. The maximum Gasteiger partial charge on any atom is 0.339 e. The van der Waals surface area contributed by atoms with Crippen molar-refractivity contribution in [3.63, 3.8) is 0 Å². The second-order valence-electron chi connectivity index (χ2n) is 5.64. The van der Waals surface area contributed by atoms with Crippen LogP contribution in [0.4, 0.5) is 5.69 Å². The fraction of sp³-hybridized carbons (Fsp3) is 0.222. The van der Waals surface area contributed by atoms with E-state index in [9.17, 15) is 14.7 Å². The van der Waals surface area contributed by atoms with Crippen LogP contribution in [-0.4, -0.2) is 28.2 Å². The molecule has 0 radical (unpaired) electrons. The molecule has 0 saturated heterocycles. The van der Waals surface area contributed by atoms with E-state index in [0.29, 0.717) is 22.6 Å². The minimum absolute atomic E-state index is 0.0408. The number of nitrogens with one attached hydrogen (secondary N) is 1. The molecule has 126 valence electrons. The Bertz CT molecular complexity index is 766. The van der Waals surface area contributed by atoms with Crippen LogP contribution in [0.1, 0.15) is 40.1 Å². The largest absolute Gasteiger partial charge is 0.507 e. The molecule has 0 atom stereocenters. The van der Waals surface area contributed by atoms with Gasteiger partial charge in [-0.2, -0.15) is 0 Å². The fourth-order valence-electron chi connectivity index (χ4n) is 2.18. The van der Waals surface area contributed by atoms with Crippen LogP contribution in [0.25, 0.3) is 0 Å². The summed E-state index contributed by atoms with van der Waals surface area (Å²) in [4.78, 5) is 23.4. The first-order valence-corrected chi connectivity index (χ1v) is 7.43. The molecule has 0 aromatic heterocycles. The first-order valence-electron chi connectivity index (χ1n) is 7.43. The monoisotopic (exact) mass is 329 g/mol. The SMILES string of the molecule is Cc1cc(NC(=O)c2ccc(OC(C)C)cc2)cc(C(=O)O)c1O. The Morgan fingerprint density at radius 1 is 1.12 bits per heavy atom. The molecule has 2 aromatic rings. The quantitative estimate of drug-likeness (QED) is 0.730. The van der Waals surface area contributed by atoms with Crippen molar-refractivity contribution in [1.29, 1.82) is 0 Å². The van der Waals surface area contributed by atoms with Crippen LogP contribution in [0, 0.1) is 6.92 Å². The molecule has 0 fully saturated rings. The van der Waals surface area contributed by atoms with Crippen LogP contribution in [0.2, 0.25) is 0 Å². The van der Waals surface area contributed by atoms with Crippen LogP contribution >= 0.6 is 0 Å². The Labute approximate surface area is 139 Å². The molecular weight excluding hydrogens is 310 g/mol. The van der Waals surface area contributed by atoms with E-state index < -0.39 is 5.97 Å². The Hall–Kier alpha value is -3.02. The highest BCUT2D eigenvalue weighted by atomic mass is 16.5. The molecular formula is C18H19NO5. The number of hydrogen-bond donors (Lipinski definition) is 3. The minimum atomic E-state index is -1.26. The molecule has 0 bridgehead atoms. The Balaban J connectivity index is 2.19. The number of carboxylic acid groups (broad SMARTS) is 1. The summed E-state index contributed by atoms with van der Waals surface area (Å²) in [6, 6.07) is 9.37. The summed E-state index contributed by atoms with van der Waals surface area (Å²) in [5.41, 5.74) is 0.820. The molecule has 2 rings (SSSR count). The molecule has 1 amide bonds. The third-order valence-electron chi connectivity index (χ3n) is 3.28. The first kappa shape index (κ1) is 17.3. The van der Waals surface area contributed by atoms with E-state index in [-0.39, 0.29) is 23.3 Å². The zero-order valence-corrected chi connectivity index (χ0v) is 13.7. The number of aromatic hydroxyl groups is 1. The van der Waals surface area contributed by atoms with Crippen molar-refractivity contribution >= 4 is 17.6 Å². The number of rotatable bonds is 5. The molecule has 6 heteroatoms. The highest BCUT2D eigenvalue weighted by Crippen LogP contribution is 2.27. The number of hydrogen-bond acceptors (Lipinski definition) is 4. The van der Waals surface area contributed by atoms with E-state index in [1.54, 1.807) is 31.2 Å². The zero-order chi connectivity index (χ0) is 17.9. The first-order chi connectivity index (χ1) is 11.3. The second-order valence-corrected chi connectivity index (χ2v) is 5.64. The highest BCUT2D eigenvalue weighted by Gasteiger charge is 2.15. The third-order valence-corrected chi connectivity index (χ3v) is 3.28. The maximum atomic E-state index is 12.3. The normalized spacial score (nSPS) is 10.5. The Morgan fingerprint density at radius 2 is 1.75 bits per heavy atom. The number of ether oxygens (including phenoxy) is 1. The van der Waals surface area contributed by atoms with Gasteiger partial charge in [0, 0.05) is 11.3 Å². The van der Waals surface area contributed by atoms with E-state index in [1.807, 2.05) is 13.8 Å². The van der Waals surface area contributed by atoms with Gasteiger partial charge in [-0.15, -0.1) is 0 Å². The molecule has 6 nitrogen and oxygen atoms in total. The summed E-state index contributed by atoms with van der Waals surface area (Å²) < 4.78 is 5.51. The lowest BCUT2D eigenvalue weighted by atomic mass is 10.1. The summed E-state index contributed by atoms with van der Waals surface area (Å²) in [6.45, 7) is 5.39. The van der Waals surface area contributed by atoms with Crippen molar-refractivity contribution in [3.8, 4) is 11.5 Å². The van der Waals surface area contributed by atoms with Gasteiger partial charge in [0.05, 0.1) is 6.10 Å². The predicted molar refractivity (Wildman–Crippen MR) is 90.0 cm³/mol. The van der Waals surface area contributed by atoms with Gasteiger partial charge < -0.3 is 20.3 Å². The molecule has 0 aliphatic carbocycles. The van der Waals surface area contributed by atoms with Crippen molar-refractivity contribution < 1.29 is 24.5 Å². The van der Waals surface area contributed by atoms with Gasteiger partial charge in [-0.25, -0.2) is 4.79 Å². The lowest BCUT2D eigenvalue weighted by Crippen LogP contribution is -2.13. The number of amides is 1. The van der Waals surface area contributed by atoms with Gasteiger partial charge in [-0.1, -0.05) is 0 Å². The molecule has 2 aromatic carbocycles. The Kier molecular flexibility index (Phi) is 5.08. The standard InChI is InChI=1S/C18H19NO5/c1-10(2)24-14-6-4-12(5-7-14)17(21)19-13-8-11(3)16(20)15(9-13)18(22)23/h4-10,20H,1-3H3,(H,19,21)(H,22,23). The number of phenols is 1. The molecule has 0 spiro atoms. The van der Waals surface area contributed by atoms with Crippen molar-refractivity contribution in [2.75, 3.05) is 5.32 Å². The Morgan fingerprint density at radius 3 is 2.29 bits per heavy atom. The smallest absolute Gasteiger partial charge is 0.339 e. The van der Waals surface area contributed by atoms with E-state index in [2.05, 4.69) is 5.32 Å². The van der Waals surface area contributed by atoms with Gasteiger partial charge in [0.15, 0.2) is 0 Å². The van der Waals surface area contributed by atoms with Crippen molar-refractivity contribution in [2.45, 2.75) is 26.9 Å². The van der Waals surface area contributed by atoms with Crippen LogP contribution < -0.4 is 10.1 Å². The summed E-state index contributed by atoms with van der Waals surface area (Å²) in [6.07, 6.45) is 0.0408. The van der Waals surface area contributed by atoms with Crippen LogP contribution in [0.15, 0.2) is 36.4 Å².